The molecule has 0 amide bonds. The molecule has 0 aliphatic heterocycles. The Morgan fingerprint density at radius 1 is 1.36 bits per heavy atom. The number of rotatable bonds is 4. The van der Waals surface area contributed by atoms with Crippen molar-refractivity contribution >= 4 is 12.4 Å². The van der Waals surface area contributed by atoms with Crippen LogP contribution in [-0.4, -0.2) is 13.7 Å². The van der Waals surface area contributed by atoms with E-state index in [1.165, 1.54) is 0 Å². The zero-order valence-corrected chi connectivity index (χ0v) is 9.26. The number of ether oxygens (including phenoxy) is 2. The van der Waals surface area contributed by atoms with Crippen molar-refractivity contribution in [2.45, 2.75) is 13.5 Å². The van der Waals surface area contributed by atoms with E-state index in [2.05, 4.69) is 0 Å². The maximum atomic E-state index is 5.56. The third-order valence-electron chi connectivity index (χ3n) is 1.78. The average Bonchev–Trinajstić information content (AvgIpc) is 2.18. The minimum atomic E-state index is 0. The summed E-state index contributed by atoms with van der Waals surface area (Å²) in [6.07, 6.45) is 0. The summed E-state index contributed by atoms with van der Waals surface area (Å²) in [6.45, 7) is 3.03. The summed E-state index contributed by atoms with van der Waals surface area (Å²) < 4.78 is 10.6. The molecule has 0 radical (unpaired) electrons. The Morgan fingerprint density at radius 3 is 2.57 bits per heavy atom. The smallest absolute Gasteiger partial charge is 0.165 e. The summed E-state index contributed by atoms with van der Waals surface area (Å²) >= 11 is 0. The molecule has 2 N–H and O–H groups in total. The first kappa shape index (κ1) is 13.1. The molecule has 0 bridgehead atoms. The summed E-state index contributed by atoms with van der Waals surface area (Å²) in [5, 5.41) is 0. The van der Waals surface area contributed by atoms with Gasteiger partial charge in [-0.15, -0.1) is 12.4 Å². The fraction of sp³-hybridized carbons (Fsp3) is 0.400. The Kier molecular flexibility index (Phi) is 6.08. The van der Waals surface area contributed by atoms with Gasteiger partial charge < -0.3 is 15.2 Å². The molecule has 0 spiro atoms. The molecule has 0 atom stereocenters. The van der Waals surface area contributed by atoms with Gasteiger partial charge in [0, 0.05) is 12.1 Å². The number of hydrogen-bond donors (Lipinski definition) is 1. The first-order valence-electron chi connectivity index (χ1n) is 4.32. The van der Waals surface area contributed by atoms with E-state index in [0.29, 0.717) is 13.2 Å². The molecular formula is C10H16ClNO2. The predicted octanol–water partition coefficient (Wildman–Crippen LogP) is 1.97. The number of para-hydroxylation sites is 1. The number of benzene rings is 1. The number of hydrogen-bond acceptors (Lipinski definition) is 3. The highest BCUT2D eigenvalue weighted by Crippen LogP contribution is 2.30. The van der Waals surface area contributed by atoms with Crippen molar-refractivity contribution in [3.63, 3.8) is 0 Å². The maximum absolute atomic E-state index is 5.56. The topological polar surface area (TPSA) is 44.5 Å². The summed E-state index contributed by atoms with van der Waals surface area (Å²) in [6, 6.07) is 5.72. The van der Waals surface area contributed by atoms with Crippen LogP contribution in [0.3, 0.4) is 0 Å². The molecule has 0 aliphatic rings. The molecule has 3 nitrogen and oxygen atoms in total. The van der Waals surface area contributed by atoms with E-state index in [1.54, 1.807) is 7.11 Å². The van der Waals surface area contributed by atoms with Gasteiger partial charge in [-0.3, -0.25) is 0 Å². The standard InChI is InChI=1S/C10H15NO2.ClH/c1-3-13-9-6-4-5-8(7-11)10(9)12-2;/h4-6H,3,7,11H2,1-2H3;1H. The second-order valence-electron chi connectivity index (χ2n) is 2.59. The van der Waals surface area contributed by atoms with Gasteiger partial charge in [-0.25, -0.2) is 0 Å². The van der Waals surface area contributed by atoms with Gasteiger partial charge in [-0.05, 0) is 13.0 Å². The van der Waals surface area contributed by atoms with Crippen molar-refractivity contribution in [3.05, 3.63) is 23.8 Å². The Hall–Kier alpha value is -0.930. The van der Waals surface area contributed by atoms with Crippen molar-refractivity contribution in [3.8, 4) is 11.5 Å². The highest BCUT2D eigenvalue weighted by Gasteiger charge is 2.07. The van der Waals surface area contributed by atoms with E-state index in [1.807, 2.05) is 25.1 Å². The molecule has 80 valence electrons. The van der Waals surface area contributed by atoms with Crippen molar-refractivity contribution < 1.29 is 9.47 Å². The van der Waals surface area contributed by atoms with Crippen LogP contribution in [0.1, 0.15) is 12.5 Å². The normalized spacial score (nSPS) is 9.07. The molecule has 0 saturated heterocycles. The largest absolute Gasteiger partial charge is 0.493 e. The van der Waals surface area contributed by atoms with Crippen molar-refractivity contribution in [1.29, 1.82) is 0 Å². The highest BCUT2D eigenvalue weighted by molar-refractivity contribution is 5.85. The van der Waals surface area contributed by atoms with Crippen LogP contribution in [-0.2, 0) is 6.54 Å². The minimum absolute atomic E-state index is 0. The minimum Gasteiger partial charge on any atom is -0.493 e. The SMILES string of the molecule is CCOc1cccc(CN)c1OC.Cl. The van der Waals surface area contributed by atoms with E-state index in [9.17, 15) is 0 Å². The lowest BCUT2D eigenvalue weighted by Crippen LogP contribution is -2.02. The van der Waals surface area contributed by atoms with Gasteiger partial charge in [0.15, 0.2) is 11.5 Å². The van der Waals surface area contributed by atoms with Crippen LogP contribution in [0.5, 0.6) is 11.5 Å². The van der Waals surface area contributed by atoms with E-state index in [0.717, 1.165) is 17.1 Å². The van der Waals surface area contributed by atoms with Crippen LogP contribution in [0.4, 0.5) is 0 Å². The Morgan fingerprint density at radius 2 is 2.07 bits per heavy atom. The quantitative estimate of drug-likeness (QED) is 0.839. The molecule has 0 unspecified atom stereocenters. The number of methoxy groups -OCH3 is 1. The Balaban J connectivity index is 0.00000169. The zero-order chi connectivity index (χ0) is 9.68. The molecule has 4 heteroatoms. The molecule has 1 aromatic rings. The monoisotopic (exact) mass is 217 g/mol. The second kappa shape index (κ2) is 6.51. The van der Waals surface area contributed by atoms with Crippen molar-refractivity contribution in [2.75, 3.05) is 13.7 Å². The third kappa shape index (κ3) is 2.79. The van der Waals surface area contributed by atoms with Crippen LogP contribution in [0, 0.1) is 0 Å². The van der Waals surface area contributed by atoms with E-state index in [-0.39, 0.29) is 12.4 Å². The first-order valence-corrected chi connectivity index (χ1v) is 4.32. The summed E-state index contributed by atoms with van der Waals surface area (Å²) in [4.78, 5) is 0. The lowest BCUT2D eigenvalue weighted by Gasteiger charge is -2.11. The summed E-state index contributed by atoms with van der Waals surface area (Å²) in [7, 11) is 1.62. The lowest BCUT2D eigenvalue weighted by atomic mass is 10.2. The van der Waals surface area contributed by atoms with Gasteiger partial charge in [-0.1, -0.05) is 12.1 Å². The third-order valence-corrected chi connectivity index (χ3v) is 1.78. The van der Waals surface area contributed by atoms with Crippen LogP contribution < -0.4 is 15.2 Å². The average molecular weight is 218 g/mol. The fourth-order valence-corrected chi connectivity index (χ4v) is 1.22. The Bertz CT molecular complexity index is 279. The Labute approximate surface area is 90.6 Å². The summed E-state index contributed by atoms with van der Waals surface area (Å²) in [5.74, 6) is 1.50. The maximum Gasteiger partial charge on any atom is 0.165 e. The number of halogens is 1. The molecule has 0 aliphatic carbocycles. The fourth-order valence-electron chi connectivity index (χ4n) is 1.22. The van der Waals surface area contributed by atoms with Gasteiger partial charge >= 0.3 is 0 Å². The van der Waals surface area contributed by atoms with Crippen LogP contribution in [0.2, 0.25) is 0 Å². The van der Waals surface area contributed by atoms with Gasteiger partial charge in [0.05, 0.1) is 13.7 Å². The zero-order valence-electron chi connectivity index (χ0n) is 8.45. The molecule has 0 heterocycles. The van der Waals surface area contributed by atoms with Gasteiger partial charge in [0.1, 0.15) is 0 Å². The van der Waals surface area contributed by atoms with Gasteiger partial charge in [0.2, 0.25) is 0 Å². The van der Waals surface area contributed by atoms with Crippen molar-refractivity contribution in [2.24, 2.45) is 5.73 Å². The molecule has 0 saturated carbocycles. The molecule has 14 heavy (non-hydrogen) atoms. The van der Waals surface area contributed by atoms with E-state index >= 15 is 0 Å². The summed E-state index contributed by atoms with van der Waals surface area (Å²) in [5.41, 5.74) is 6.52. The van der Waals surface area contributed by atoms with Crippen LogP contribution in [0.25, 0.3) is 0 Å². The van der Waals surface area contributed by atoms with Gasteiger partial charge in [0.25, 0.3) is 0 Å². The highest BCUT2D eigenvalue weighted by atomic mass is 35.5. The number of nitrogens with two attached hydrogens (primary N) is 1. The molecule has 0 fully saturated rings. The van der Waals surface area contributed by atoms with Crippen molar-refractivity contribution in [1.82, 2.24) is 0 Å². The molecular weight excluding hydrogens is 202 g/mol. The second-order valence-corrected chi connectivity index (χ2v) is 2.59. The molecule has 1 rings (SSSR count). The lowest BCUT2D eigenvalue weighted by molar-refractivity contribution is 0.309. The molecule has 1 aromatic carbocycles. The van der Waals surface area contributed by atoms with Gasteiger partial charge in [-0.2, -0.15) is 0 Å². The predicted molar refractivity (Wildman–Crippen MR) is 59.3 cm³/mol. The van der Waals surface area contributed by atoms with E-state index < -0.39 is 0 Å². The van der Waals surface area contributed by atoms with E-state index in [4.69, 9.17) is 15.2 Å². The van der Waals surface area contributed by atoms with Crippen LogP contribution in [0.15, 0.2) is 18.2 Å². The van der Waals surface area contributed by atoms with Crippen LogP contribution >= 0.6 is 12.4 Å². The molecule has 0 aromatic heterocycles. The first-order chi connectivity index (χ1) is 6.33.